The normalized spacial score (nSPS) is 17.3. The summed E-state index contributed by atoms with van der Waals surface area (Å²) in [6.07, 6.45) is 2.76. The molecule has 2 aromatic rings. The van der Waals surface area contributed by atoms with E-state index in [-0.39, 0.29) is 36.1 Å². The molecule has 3 N–H and O–H groups in total. The number of Topliss-reactive ketones (excluding diaryl/α,β-unsaturated/α-hetero) is 1. The predicted octanol–water partition coefficient (Wildman–Crippen LogP) is 5.12. The maximum Gasteiger partial charge on any atom is 0.273 e. The molecule has 1 aromatic carbocycles. The van der Waals surface area contributed by atoms with Crippen LogP contribution in [-0.4, -0.2) is 91.2 Å². The number of benzene rings is 1. The van der Waals surface area contributed by atoms with Crippen LogP contribution in [0, 0.1) is 18.8 Å². The molecule has 0 aliphatic carbocycles. The number of allylic oxidation sites excluding steroid dienone is 1. The Hall–Kier alpha value is -3.87. The summed E-state index contributed by atoms with van der Waals surface area (Å²) in [5.41, 5.74) is 0.925. The Bertz CT molecular complexity index is 1240. The van der Waals surface area contributed by atoms with Crippen molar-refractivity contribution in [3.05, 3.63) is 66.1 Å². The molecule has 3 amide bonds. The van der Waals surface area contributed by atoms with Gasteiger partial charge in [-0.3, -0.25) is 24.1 Å². The van der Waals surface area contributed by atoms with Crippen LogP contribution in [-0.2, 0) is 30.4 Å². The molecule has 12 heteroatoms. The lowest BCUT2D eigenvalue weighted by Crippen LogP contribution is -2.48. The number of ketones is 1. The molecule has 2 aliphatic heterocycles. The fraction of sp³-hybridized carbons (Fsp3) is 0.605. The molecule has 282 valence electrons. The number of aryl methyl sites for hydroxylation is 1. The van der Waals surface area contributed by atoms with E-state index < -0.39 is 11.6 Å². The van der Waals surface area contributed by atoms with Crippen molar-refractivity contribution in [3.63, 3.8) is 0 Å². The lowest BCUT2D eigenvalue weighted by molar-refractivity contribution is -0.130. The van der Waals surface area contributed by atoms with Crippen LogP contribution in [0.25, 0.3) is 0 Å². The SMILES string of the molecule is C=CC.CC.CC(C)C(C)NC(=O)c1cc(CN2CCOCC2)on1.CC(C)C[C@H](NC(=O)CNC=O)C(=O)[C@@]1(C)CO1.Cc1ccccc1. The maximum atomic E-state index is 12.1. The van der Waals surface area contributed by atoms with E-state index in [2.05, 4.69) is 65.5 Å². The summed E-state index contributed by atoms with van der Waals surface area (Å²) in [6.45, 7) is 27.3. The van der Waals surface area contributed by atoms with Gasteiger partial charge in [-0.05, 0) is 46.0 Å². The van der Waals surface area contributed by atoms with Crippen molar-refractivity contribution in [1.82, 2.24) is 26.0 Å². The molecule has 4 rings (SSSR count). The van der Waals surface area contributed by atoms with E-state index in [4.69, 9.17) is 14.0 Å². The zero-order chi connectivity index (χ0) is 38.1. The van der Waals surface area contributed by atoms with Crippen LogP contribution in [0.2, 0.25) is 0 Å². The first-order valence-corrected chi connectivity index (χ1v) is 17.6. The second-order valence-electron chi connectivity index (χ2n) is 12.8. The van der Waals surface area contributed by atoms with Crippen molar-refractivity contribution in [2.75, 3.05) is 39.5 Å². The number of carbonyl (C=O) groups excluding carboxylic acids is 4. The third-order valence-electron chi connectivity index (χ3n) is 7.38. The Kier molecular flexibility index (Phi) is 24.0. The highest BCUT2D eigenvalue weighted by Crippen LogP contribution is 2.29. The van der Waals surface area contributed by atoms with E-state index in [1.165, 1.54) is 5.56 Å². The number of amides is 3. The molecule has 2 saturated heterocycles. The van der Waals surface area contributed by atoms with Crippen molar-refractivity contribution in [2.45, 2.75) is 99.9 Å². The van der Waals surface area contributed by atoms with Gasteiger partial charge in [0.05, 0.1) is 39.0 Å². The fourth-order valence-electron chi connectivity index (χ4n) is 4.16. The van der Waals surface area contributed by atoms with E-state index >= 15 is 0 Å². The fourth-order valence-corrected chi connectivity index (χ4v) is 4.16. The summed E-state index contributed by atoms with van der Waals surface area (Å²) in [6, 6.07) is 11.5. The molecular weight excluding hydrogens is 638 g/mol. The number of nitrogens with zero attached hydrogens (tertiary/aromatic N) is 2. The van der Waals surface area contributed by atoms with Crippen molar-refractivity contribution < 1.29 is 33.2 Å². The summed E-state index contributed by atoms with van der Waals surface area (Å²) in [7, 11) is 0. The number of nitrogens with one attached hydrogen (secondary N) is 3. The largest absolute Gasteiger partial charge is 0.379 e. The van der Waals surface area contributed by atoms with Gasteiger partial charge in [0.2, 0.25) is 12.3 Å². The first-order valence-electron chi connectivity index (χ1n) is 17.6. The highest BCUT2D eigenvalue weighted by molar-refractivity contribution is 5.96. The minimum Gasteiger partial charge on any atom is -0.379 e. The molecule has 0 saturated carbocycles. The quantitative estimate of drug-likeness (QED) is 0.147. The van der Waals surface area contributed by atoms with Gasteiger partial charge in [0.25, 0.3) is 5.91 Å². The minimum atomic E-state index is -0.745. The Balaban J connectivity index is 0.000000729. The number of morpholine rings is 1. The van der Waals surface area contributed by atoms with Crippen LogP contribution >= 0.6 is 0 Å². The van der Waals surface area contributed by atoms with Gasteiger partial charge in [-0.2, -0.15) is 0 Å². The maximum absolute atomic E-state index is 12.1. The molecule has 0 radical (unpaired) electrons. The van der Waals surface area contributed by atoms with Crippen molar-refractivity contribution >= 4 is 24.0 Å². The Morgan fingerprint density at radius 1 is 1.04 bits per heavy atom. The second-order valence-corrected chi connectivity index (χ2v) is 12.8. The van der Waals surface area contributed by atoms with Crippen molar-refractivity contribution in [1.29, 1.82) is 0 Å². The topological polar surface area (TPSA) is 155 Å². The summed E-state index contributed by atoms with van der Waals surface area (Å²) < 4.78 is 15.6. The molecule has 12 nitrogen and oxygen atoms in total. The first kappa shape index (κ1) is 46.1. The van der Waals surface area contributed by atoms with Gasteiger partial charge in [0.15, 0.2) is 17.2 Å². The highest BCUT2D eigenvalue weighted by Gasteiger charge is 2.50. The molecule has 50 heavy (non-hydrogen) atoms. The minimum absolute atomic E-state index is 0.101. The van der Waals surface area contributed by atoms with Gasteiger partial charge < -0.3 is 29.9 Å². The molecule has 0 spiro atoms. The molecule has 1 aromatic heterocycles. The Morgan fingerprint density at radius 3 is 2.08 bits per heavy atom. The number of ether oxygens (including phenoxy) is 2. The summed E-state index contributed by atoms with van der Waals surface area (Å²) in [5.74, 6) is 0.734. The van der Waals surface area contributed by atoms with Crippen LogP contribution < -0.4 is 16.0 Å². The van der Waals surface area contributed by atoms with Gasteiger partial charge in [-0.1, -0.05) is 88.7 Å². The Morgan fingerprint density at radius 2 is 1.62 bits per heavy atom. The Labute approximate surface area is 300 Å². The summed E-state index contributed by atoms with van der Waals surface area (Å²) in [5, 5.41) is 11.7. The van der Waals surface area contributed by atoms with E-state index in [0.29, 0.717) is 43.4 Å². The van der Waals surface area contributed by atoms with Gasteiger partial charge in [-0.15, -0.1) is 6.58 Å². The zero-order valence-electron chi connectivity index (χ0n) is 32.0. The van der Waals surface area contributed by atoms with E-state index in [9.17, 15) is 19.2 Å². The number of hydrogen-bond acceptors (Lipinski definition) is 9. The predicted molar refractivity (Wildman–Crippen MR) is 198 cm³/mol. The monoisotopic (exact) mass is 701 g/mol. The van der Waals surface area contributed by atoms with Gasteiger partial charge in [-0.25, -0.2) is 0 Å². The molecule has 1 unspecified atom stereocenters. The van der Waals surface area contributed by atoms with Crippen molar-refractivity contribution in [3.8, 4) is 0 Å². The van der Waals surface area contributed by atoms with Crippen LogP contribution in [0.1, 0.15) is 90.5 Å². The lowest BCUT2D eigenvalue weighted by atomic mass is 9.93. The van der Waals surface area contributed by atoms with E-state index in [0.717, 1.165) is 26.3 Å². The number of rotatable bonds is 13. The van der Waals surface area contributed by atoms with E-state index in [1.807, 2.05) is 59.7 Å². The van der Waals surface area contributed by atoms with Gasteiger partial charge >= 0.3 is 0 Å². The van der Waals surface area contributed by atoms with Gasteiger partial charge in [0.1, 0.15) is 5.60 Å². The third-order valence-corrected chi connectivity index (χ3v) is 7.38. The third kappa shape index (κ3) is 20.0. The lowest BCUT2D eigenvalue weighted by Gasteiger charge is -2.25. The number of hydrogen-bond donors (Lipinski definition) is 3. The average Bonchev–Trinajstić information content (AvgIpc) is 3.67. The standard InChI is InChI=1S/C14H23N3O3.C12H20N2O4.C7H8.C3H6.C2H6/c1-10(2)11(3)15-14(18)13-8-12(20-16-13)9-17-4-6-19-7-5-17;1-8(2)4-9(11(17)12(3)6-18-12)14-10(16)5-13-7-15;1-7-5-3-2-4-6-7;1-3-2;1-2/h8,10-11H,4-7,9H2,1-3H3,(H,15,18);7-9H,4-6H2,1-3H3,(H,13,15)(H,14,16);2-6H,1H3;3H,1H2,2H3;1-2H3/t;9-,12+;;;/m.0.../s1. The zero-order valence-corrected chi connectivity index (χ0v) is 32.0. The number of carbonyl (C=O) groups is 4. The molecular formula is C38H63N5O7. The molecule has 2 fully saturated rings. The number of aromatic nitrogens is 1. The average molecular weight is 702 g/mol. The van der Waals surface area contributed by atoms with Crippen LogP contribution in [0.4, 0.5) is 0 Å². The number of epoxide rings is 1. The van der Waals surface area contributed by atoms with Crippen LogP contribution in [0.3, 0.4) is 0 Å². The van der Waals surface area contributed by atoms with Crippen LogP contribution in [0.5, 0.6) is 0 Å². The molecule has 3 atom stereocenters. The smallest absolute Gasteiger partial charge is 0.273 e. The summed E-state index contributed by atoms with van der Waals surface area (Å²) in [4.78, 5) is 48.0. The molecule has 3 heterocycles. The van der Waals surface area contributed by atoms with Crippen molar-refractivity contribution in [2.24, 2.45) is 11.8 Å². The van der Waals surface area contributed by atoms with E-state index in [1.54, 1.807) is 19.1 Å². The first-order chi connectivity index (χ1) is 23.8. The van der Waals surface area contributed by atoms with Crippen LogP contribution in [0.15, 0.2) is 53.6 Å². The molecule has 2 aliphatic rings. The second kappa shape index (κ2) is 26.0. The summed E-state index contributed by atoms with van der Waals surface area (Å²) >= 11 is 0. The highest BCUT2D eigenvalue weighted by atomic mass is 16.6. The molecule has 0 bridgehead atoms. The van der Waals surface area contributed by atoms with Gasteiger partial charge in [0, 0.05) is 25.2 Å².